The zero-order valence-corrected chi connectivity index (χ0v) is 30.8. The summed E-state index contributed by atoms with van der Waals surface area (Å²) in [5.74, 6) is -1.59. The Morgan fingerprint density at radius 2 is 1.65 bits per heavy atom. The van der Waals surface area contributed by atoms with Gasteiger partial charge in [0.15, 0.2) is 6.61 Å². The molecule has 3 atom stereocenters. The van der Waals surface area contributed by atoms with Crippen molar-refractivity contribution in [3.63, 3.8) is 0 Å². The van der Waals surface area contributed by atoms with Gasteiger partial charge in [-0.2, -0.15) is 0 Å². The molecule has 1 aromatic heterocycles. The number of fused-ring (bicyclic) bond motifs is 3. The Morgan fingerprint density at radius 3 is 2.40 bits per heavy atom. The van der Waals surface area contributed by atoms with Gasteiger partial charge in [0.25, 0.3) is 11.8 Å². The van der Waals surface area contributed by atoms with Crippen LogP contribution < -0.4 is 26.0 Å². The molecule has 2 bridgehead atoms. The maximum atomic E-state index is 13.9. The number of aliphatic hydroxyl groups is 1. The van der Waals surface area contributed by atoms with Crippen molar-refractivity contribution < 1.29 is 33.8 Å². The van der Waals surface area contributed by atoms with Crippen molar-refractivity contribution in [1.29, 1.82) is 0 Å². The standard InChI is InChI=1S/C39H52N6O7/c1-24(2)18-33-37(49)44-36(27(5)46)38(50)41-14-6-7-16-45(39(51)31-22-29-19-25(3)12-13-32(29)42-26(31)4)17-9-15-40-35(48)23-52-30-11-8-10-28(20-30)21-34(47)43-33/h8,10-13,19-20,22,24,27,33,36,46H,6-7,9,14-18,21,23H2,1-5H3,(H,40,48)(H,41,50)(H,43,47)(H,44,49)/t27-,33-,36+/m1/s1. The second-order valence-corrected chi connectivity index (χ2v) is 13.9. The third-order valence-electron chi connectivity index (χ3n) is 8.81. The third kappa shape index (κ3) is 11.8. The SMILES string of the molecule is Cc1ccc2nc(C)c(C(=O)N3CCCCNC(=O)[C@H]([C@@H](C)O)NC(=O)[C@@H](CC(C)C)NC(=O)Cc4cccc(c4)OCC(=O)NCCC3)cc2c1. The van der Waals surface area contributed by atoms with E-state index in [4.69, 9.17) is 4.74 Å². The summed E-state index contributed by atoms with van der Waals surface area (Å²) in [4.78, 5) is 72.6. The van der Waals surface area contributed by atoms with Gasteiger partial charge in [0.2, 0.25) is 17.7 Å². The maximum Gasteiger partial charge on any atom is 0.257 e. The Labute approximate surface area is 305 Å². The molecule has 1 aliphatic rings. The van der Waals surface area contributed by atoms with Gasteiger partial charge in [-0.1, -0.05) is 37.6 Å². The highest BCUT2D eigenvalue weighted by atomic mass is 16.5. The molecule has 13 heteroatoms. The van der Waals surface area contributed by atoms with Crippen LogP contribution in [-0.2, 0) is 25.6 Å². The number of aromatic nitrogens is 1. The van der Waals surface area contributed by atoms with Crippen molar-refractivity contribution >= 4 is 40.4 Å². The number of benzene rings is 2. The first-order valence-electron chi connectivity index (χ1n) is 18.0. The van der Waals surface area contributed by atoms with Crippen molar-refractivity contribution in [2.45, 2.75) is 84.9 Å². The van der Waals surface area contributed by atoms with Gasteiger partial charge < -0.3 is 36.0 Å². The van der Waals surface area contributed by atoms with Crippen LogP contribution >= 0.6 is 0 Å². The summed E-state index contributed by atoms with van der Waals surface area (Å²) in [5.41, 5.74) is 3.61. The Hall–Kier alpha value is -5.04. The van der Waals surface area contributed by atoms with E-state index in [9.17, 15) is 29.1 Å². The highest BCUT2D eigenvalue weighted by Crippen LogP contribution is 2.20. The Morgan fingerprint density at radius 1 is 0.904 bits per heavy atom. The number of carbonyl (C=O) groups is 5. The van der Waals surface area contributed by atoms with Crippen LogP contribution in [0.2, 0.25) is 0 Å². The number of carbonyl (C=O) groups excluding carboxylic acids is 5. The first kappa shape index (κ1) is 39.7. The van der Waals surface area contributed by atoms with E-state index in [1.807, 2.05) is 52.0 Å². The van der Waals surface area contributed by atoms with E-state index in [0.717, 1.165) is 16.5 Å². The molecule has 0 unspecified atom stereocenters. The van der Waals surface area contributed by atoms with E-state index in [1.165, 1.54) is 6.92 Å². The fourth-order valence-electron chi connectivity index (χ4n) is 6.08. The molecular formula is C39H52N6O7. The van der Waals surface area contributed by atoms with E-state index in [2.05, 4.69) is 26.3 Å². The van der Waals surface area contributed by atoms with Gasteiger partial charge in [0, 0.05) is 31.6 Å². The molecule has 0 fully saturated rings. The quantitative estimate of drug-likeness (QED) is 0.274. The first-order chi connectivity index (χ1) is 24.8. The number of nitrogens with one attached hydrogen (secondary N) is 4. The van der Waals surface area contributed by atoms with Crippen LogP contribution in [-0.4, -0.2) is 95.5 Å². The largest absolute Gasteiger partial charge is 0.484 e. The number of hydrogen-bond donors (Lipinski definition) is 5. The summed E-state index contributed by atoms with van der Waals surface area (Å²) >= 11 is 0. The second kappa shape index (κ2) is 19.0. The minimum atomic E-state index is -1.24. The van der Waals surface area contributed by atoms with E-state index in [-0.39, 0.29) is 37.3 Å². The van der Waals surface area contributed by atoms with Crippen LogP contribution in [0.25, 0.3) is 10.9 Å². The molecule has 13 nitrogen and oxygen atoms in total. The lowest BCUT2D eigenvalue weighted by Crippen LogP contribution is -2.57. The van der Waals surface area contributed by atoms with Crippen molar-refractivity contribution in [3.8, 4) is 5.75 Å². The lowest BCUT2D eigenvalue weighted by molar-refractivity contribution is -0.134. The van der Waals surface area contributed by atoms with Crippen molar-refractivity contribution in [1.82, 2.24) is 31.2 Å². The van der Waals surface area contributed by atoms with Crippen LogP contribution in [0.4, 0.5) is 0 Å². The first-order valence-corrected chi connectivity index (χ1v) is 18.0. The lowest BCUT2D eigenvalue weighted by Gasteiger charge is -2.26. The summed E-state index contributed by atoms with van der Waals surface area (Å²) in [7, 11) is 0. The molecule has 0 saturated heterocycles. The van der Waals surface area contributed by atoms with Crippen LogP contribution in [0.15, 0.2) is 48.5 Å². The number of ether oxygens (including phenoxy) is 1. The van der Waals surface area contributed by atoms with Gasteiger partial charge >= 0.3 is 0 Å². The fourth-order valence-corrected chi connectivity index (χ4v) is 6.08. The molecule has 0 spiro atoms. The molecule has 52 heavy (non-hydrogen) atoms. The van der Waals surface area contributed by atoms with Crippen molar-refractivity contribution in [2.75, 3.05) is 32.8 Å². The van der Waals surface area contributed by atoms with Gasteiger partial charge in [-0.25, -0.2) is 0 Å². The van der Waals surface area contributed by atoms with Crippen LogP contribution in [0.5, 0.6) is 5.75 Å². The molecule has 4 rings (SSSR count). The van der Waals surface area contributed by atoms with Gasteiger partial charge in [0.1, 0.15) is 17.8 Å². The summed E-state index contributed by atoms with van der Waals surface area (Å²) in [6.07, 6.45) is 0.633. The number of amides is 5. The number of aryl methyl sites for hydroxylation is 2. The molecule has 0 radical (unpaired) electrons. The number of nitrogens with zero attached hydrogens (tertiary/aromatic N) is 2. The topological polar surface area (TPSA) is 179 Å². The van der Waals surface area contributed by atoms with Crippen molar-refractivity contribution in [3.05, 3.63) is 70.9 Å². The van der Waals surface area contributed by atoms with E-state index < -0.39 is 35.9 Å². The number of hydrogen-bond acceptors (Lipinski definition) is 8. The normalized spacial score (nSPS) is 19.8. The fraction of sp³-hybridized carbons (Fsp3) is 0.487. The molecule has 0 aliphatic carbocycles. The number of pyridine rings is 1. The summed E-state index contributed by atoms with van der Waals surface area (Å²) in [6, 6.07) is 12.4. The summed E-state index contributed by atoms with van der Waals surface area (Å²) in [6.45, 7) is 10.1. The maximum absolute atomic E-state index is 13.9. The monoisotopic (exact) mass is 716 g/mol. The van der Waals surface area contributed by atoms with Crippen LogP contribution in [0.3, 0.4) is 0 Å². The molecule has 5 N–H and O–H groups in total. The highest BCUT2D eigenvalue weighted by molar-refractivity contribution is 5.99. The summed E-state index contributed by atoms with van der Waals surface area (Å²) < 4.78 is 5.70. The lowest BCUT2D eigenvalue weighted by atomic mass is 10.0. The van der Waals surface area contributed by atoms with E-state index in [1.54, 1.807) is 29.2 Å². The predicted octanol–water partition coefficient (Wildman–Crippen LogP) is 2.73. The Kier molecular flexibility index (Phi) is 14.5. The van der Waals surface area contributed by atoms with E-state index in [0.29, 0.717) is 67.9 Å². The zero-order valence-electron chi connectivity index (χ0n) is 30.8. The average Bonchev–Trinajstić information content (AvgIpc) is 3.09. The molecular weight excluding hydrogens is 664 g/mol. The van der Waals surface area contributed by atoms with Gasteiger partial charge in [-0.05, 0) is 88.3 Å². The minimum absolute atomic E-state index is 0.0432. The predicted molar refractivity (Wildman–Crippen MR) is 198 cm³/mol. The zero-order chi connectivity index (χ0) is 37.8. The smallest absolute Gasteiger partial charge is 0.257 e. The van der Waals surface area contributed by atoms with Gasteiger partial charge in [-0.15, -0.1) is 0 Å². The number of rotatable bonds is 4. The van der Waals surface area contributed by atoms with E-state index >= 15 is 0 Å². The minimum Gasteiger partial charge on any atom is -0.484 e. The van der Waals surface area contributed by atoms with Crippen molar-refractivity contribution in [2.24, 2.45) is 5.92 Å². The molecule has 2 aromatic carbocycles. The molecule has 280 valence electrons. The second-order valence-electron chi connectivity index (χ2n) is 13.9. The molecule has 0 saturated carbocycles. The molecule has 1 aliphatic heterocycles. The van der Waals surface area contributed by atoms with Gasteiger partial charge in [0.05, 0.1) is 29.3 Å². The van der Waals surface area contributed by atoms with Crippen LogP contribution in [0, 0.1) is 19.8 Å². The third-order valence-corrected chi connectivity index (χ3v) is 8.81. The molecule has 3 aromatic rings. The Bertz CT molecular complexity index is 1740. The average molecular weight is 717 g/mol. The Balaban J connectivity index is 1.53. The molecule has 5 amide bonds. The van der Waals surface area contributed by atoms with Crippen LogP contribution in [0.1, 0.15) is 73.6 Å². The van der Waals surface area contributed by atoms with Gasteiger partial charge in [-0.3, -0.25) is 29.0 Å². The highest BCUT2D eigenvalue weighted by Gasteiger charge is 2.30. The molecule has 2 heterocycles. The number of aliphatic hydroxyl groups excluding tert-OH is 1. The summed E-state index contributed by atoms with van der Waals surface area (Å²) in [5, 5.41) is 22.4.